The zero-order valence-corrected chi connectivity index (χ0v) is 12.9. The zero-order valence-electron chi connectivity index (χ0n) is 12.9. The molecule has 1 aromatic rings. The molecule has 2 unspecified atom stereocenters. The van der Waals surface area contributed by atoms with E-state index in [1.54, 1.807) is 6.92 Å². The number of nitrogens with one attached hydrogen (secondary N) is 3. The van der Waals surface area contributed by atoms with Crippen LogP contribution in [0, 0.1) is 10.1 Å². The highest BCUT2D eigenvalue weighted by molar-refractivity contribution is 5.97. The Labute approximate surface area is 133 Å². The van der Waals surface area contributed by atoms with Crippen molar-refractivity contribution >= 4 is 17.5 Å². The molecule has 8 nitrogen and oxygen atoms in total. The first-order valence-electron chi connectivity index (χ1n) is 7.54. The van der Waals surface area contributed by atoms with E-state index in [0.29, 0.717) is 6.54 Å². The first kappa shape index (κ1) is 16.9. The minimum Gasteiger partial charge on any atom is -0.353 e. The Kier molecular flexibility index (Phi) is 5.64. The SMILES string of the molecule is CC(NC(=O)c1cccc([N+](=O)[O-])c1)C(=O)NCC1CCCN1. The van der Waals surface area contributed by atoms with Crippen molar-refractivity contribution in [2.24, 2.45) is 0 Å². The number of hydrogen-bond donors (Lipinski definition) is 3. The maximum absolute atomic E-state index is 12.1. The number of amides is 2. The Balaban J connectivity index is 1.87. The molecule has 0 spiro atoms. The summed E-state index contributed by atoms with van der Waals surface area (Å²) in [6.07, 6.45) is 2.12. The zero-order chi connectivity index (χ0) is 16.8. The fourth-order valence-electron chi connectivity index (χ4n) is 2.41. The molecule has 1 aromatic carbocycles. The highest BCUT2D eigenvalue weighted by Gasteiger charge is 2.20. The molecule has 2 amide bonds. The van der Waals surface area contributed by atoms with Gasteiger partial charge in [0.1, 0.15) is 6.04 Å². The van der Waals surface area contributed by atoms with Crippen LogP contribution in [-0.4, -0.2) is 41.9 Å². The van der Waals surface area contributed by atoms with Crippen molar-refractivity contribution in [3.05, 3.63) is 39.9 Å². The second-order valence-corrected chi connectivity index (χ2v) is 5.54. The summed E-state index contributed by atoms with van der Waals surface area (Å²) in [6.45, 7) is 3.06. The average Bonchev–Trinajstić information content (AvgIpc) is 3.06. The van der Waals surface area contributed by atoms with Gasteiger partial charge in [0.05, 0.1) is 4.92 Å². The highest BCUT2D eigenvalue weighted by Crippen LogP contribution is 2.13. The molecule has 0 saturated carbocycles. The third kappa shape index (κ3) is 4.75. The second kappa shape index (κ2) is 7.68. The second-order valence-electron chi connectivity index (χ2n) is 5.54. The van der Waals surface area contributed by atoms with Crippen LogP contribution in [-0.2, 0) is 4.79 Å². The van der Waals surface area contributed by atoms with Crippen molar-refractivity contribution in [1.82, 2.24) is 16.0 Å². The van der Waals surface area contributed by atoms with Gasteiger partial charge in [-0.2, -0.15) is 0 Å². The number of carbonyl (C=O) groups is 2. The van der Waals surface area contributed by atoms with Gasteiger partial charge in [-0.15, -0.1) is 0 Å². The normalized spacial score (nSPS) is 18.2. The molecule has 0 bridgehead atoms. The van der Waals surface area contributed by atoms with Crippen molar-refractivity contribution in [1.29, 1.82) is 0 Å². The molecular formula is C15H20N4O4. The maximum atomic E-state index is 12.1. The van der Waals surface area contributed by atoms with Crippen LogP contribution in [0.5, 0.6) is 0 Å². The topological polar surface area (TPSA) is 113 Å². The van der Waals surface area contributed by atoms with Crippen molar-refractivity contribution in [3.8, 4) is 0 Å². The van der Waals surface area contributed by atoms with E-state index in [4.69, 9.17) is 0 Å². The average molecular weight is 320 g/mol. The summed E-state index contributed by atoms with van der Waals surface area (Å²) in [5.74, 6) is -0.798. The van der Waals surface area contributed by atoms with Crippen molar-refractivity contribution in [2.45, 2.75) is 31.8 Å². The lowest BCUT2D eigenvalue weighted by Gasteiger charge is -2.16. The third-order valence-electron chi connectivity index (χ3n) is 3.75. The van der Waals surface area contributed by atoms with Crippen molar-refractivity contribution in [2.75, 3.05) is 13.1 Å². The monoisotopic (exact) mass is 320 g/mol. The smallest absolute Gasteiger partial charge is 0.270 e. The van der Waals surface area contributed by atoms with Crippen LogP contribution in [0.4, 0.5) is 5.69 Å². The summed E-state index contributed by atoms with van der Waals surface area (Å²) in [7, 11) is 0. The van der Waals surface area contributed by atoms with E-state index in [1.807, 2.05) is 0 Å². The molecule has 0 aliphatic carbocycles. The van der Waals surface area contributed by atoms with Gasteiger partial charge in [-0.1, -0.05) is 6.07 Å². The quantitative estimate of drug-likeness (QED) is 0.524. The Hall–Kier alpha value is -2.48. The van der Waals surface area contributed by atoms with Gasteiger partial charge in [-0.05, 0) is 32.4 Å². The van der Waals surface area contributed by atoms with E-state index in [-0.39, 0.29) is 23.2 Å². The van der Waals surface area contributed by atoms with Crippen molar-refractivity contribution in [3.63, 3.8) is 0 Å². The summed E-state index contributed by atoms with van der Waals surface area (Å²) >= 11 is 0. The summed E-state index contributed by atoms with van der Waals surface area (Å²) in [6, 6.07) is 4.95. The van der Waals surface area contributed by atoms with Crippen LogP contribution < -0.4 is 16.0 Å². The van der Waals surface area contributed by atoms with Crippen LogP contribution in [0.3, 0.4) is 0 Å². The first-order chi connectivity index (χ1) is 11.0. The summed E-state index contributed by atoms with van der Waals surface area (Å²) in [5, 5.41) is 19.3. The van der Waals surface area contributed by atoms with E-state index in [2.05, 4.69) is 16.0 Å². The Bertz CT molecular complexity index is 599. The van der Waals surface area contributed by atoms with Gasteiger partial charge in [0.2, 0.25) is 5.91 Å². The molecule has 1 aliphatic heterocycles. The fourth-order valence-corrected chi connectivity index (χ4v) is 2.41. The number of nitro groups is 1. The summed E-state index contributed by atoms with van der Waals surface area (Å²) in [5.41, 5.74) is -0.0154. The highest BCUT2D eigenvalue weighted by atomic mass is 16.6. The number of carbonyl (C=O) groups excluding carboxylic acids is 2. The summed E-state index contributed by atoms with van der Waals surface area (Å²) < 4.78 is 0. The molecule has 0 radical (unpaired) electrons. The van der Waals surface area contributed by atoms with Crippen LogP contribution in [0.1, 0.15) is 30.1 Å². The summed E-state index contributed by atoms with van der Waals surface area (Å²) in [4.78, 5) is 34.2. The number of nitro benzene ring substituents is 1. The van der Waals surface area contributed by atoms with E-state index in [0.717, 1.165) is 19.4 Å². The molecule has 8 heteroatoms. The minimum atomic E-state index is -0.719. The predicted molar refractivity (Wildman–Crippen MR) is 84.1 cm³/mol. The van der Waals surface area contributed by atoms with Crippen LogP contribution in [0.25, 0.3) is 0 Å². The molecule has 2 atom stereocenters. The van der Waals surface area contributed by atoms with Crippen LogP contribution >= 0.6 is 0 Å². The molecule has 1 heterocycles. The van der Waals surface area contributed by atoms with Crippen LogP contribution in [0.15, 0.2) is 24.3 Å². The lowest BCUT2D eigenvalue weighted by atomic mass is 10.1. The first-order valence-corrected chi connectivity index (χ1v) is 7.54. The number of hydrogen-bond acceptors (Lipinski definition) is 5. The van der Waals surface area contributed by atoms with E-state index >= 15 is 0 Å². The van der Waals surface area contributed by atoms with E-state index < -0.39 is 16.9 Å². The van der Waals surface area contributed by atoms with E-state index in [9.17, 15) is 19.7 Å². The van der Waals surface area contributed by atoms with Gasteiger partial charge in [0.25, 0.3) is 11.6 Å². The van der Waals surface area contributed by atoms with Gasteiger partial charge in [-0.3, -0.25) is 19.7 Å². The van der Waals surface area contributed by atoms with Crippen LogP contribution in [0.2, 0.25) is 0 Å². The fraction of sp³-hybridized carbons (Fsp3) is 0.467. The molecule has 124 valence electrons. The lowest BCUT2D eigenvalue weighted by molar-refractivity contribution is -0.384. The number of rotatable bonds is 6. The van der Waals surface area contributed by atoms with Gasteiger partial charge < -0.3 is 16.0 Å². The molecule has 23 heavy (non-hydrogen) atoms. The standard InChI is InChI=1S/C15H20N4O4/c1-10(14(20)17-9-12-5-3-7-16-12)18-15(21)11-4-2-6-13(8-11)19(22)23/h2,4,6,8,10,12,16H,3,5,7,9H2,1H3,(H,17,20)(H,18,21). The maximum Gasteiger partial charge on any atom is 0.270 e. The number of nitrogens with zero attached hydrogens (tertiary/aromatic N) is 1. The van der Waals surface area contributed by atoms with Gasteiger partial charge in [0.15, 0.2) is 0 Å². The Morgan fingerprint density at radius 1 is 1.48 bits per heavy atom. The molecule has 1 aliphatic rings. The molecule has 0 aromatic heterocycles. The predicted octanol–water partition coefficient (Wildman–Crippen LogP) is 0.581. The lowest BCUT2D eigenvalue weighted by Crippen LogP contribution is -2.47. The number of non-ortho nitro benzene ring substituents is 1. The molecule has 2 rings (SSSR count). The van der Waals surface area contributed by atoms with E-state index in [1.165, 1.54) is 24.3 Å². The van der Waals surface area contributed by atoms with Gasteiger partial charge in [-0.25, -0.2) is 0 Å². The molecule has 1 saturated heterocycles. The molecule has 1 fully saturated rings. The Morgan fingerprint density at radius 3 is 2.91 bits per heavy atom. The Morgan fingerprint density at radius 2 is 2.26 bits per heavy atom. The van der Waals surface area contributed by atoms with Crippen molar-refractivity contribution < 1.29 is 14.5 Å². The largest absolute Gasteiger partial charge is 0.353 e. The molecule has 3 N–H and O–H groups in total. The third-order valence-corrected chi connectivity index (χ3v) is 3.75. The van der Waals surface area contributed by atoms with Gasteiger partial charge >= 0.3 is 0 Å². The molecular weight excluding hydrogens is 300 g/mol. The number of benzene rings is 1. The van der Waals surface area contributed by atoms with Gasteiger partial charge in [0, 0.05) is 30.3 Å². The minimum absolute atomic E-state index is 0.149.